The average Bonchev–Trinajstić information content (AvgIpc) is 2.30. The molecule has 0 spiro atoms. The number of benzene rings is 1. The molecular formula is C12H15ClN2O2. The number of piperidine rings is 1. The fraction of sp³-hybridized carbons (Fsp3) is 0.500. The number of non-ortho nitro benzene ring substituents is 1. The summed E-state index contributed by atoms with van der Waals surface area (Å²) in [6.45, 7) is 3.13. The lowest BCUT2D eigenvalue weighted by Crippen LogP contribution is -2.37. The summed E-state index contributed by atoms with van der Waals surface area (Å²) in [6, 6.07) is 5.14. The molecule has 0 aliphatic carbocycles. The molecule has 0 amide bonds. The number of nitrogens with zero attached hydrogens (tertiary/aromatic N) is 2. The van der Waals surface area contributed by atoms with E-state index in [1.807, 2.05) is 0 Å². The molecule has 0 bridgehead atoms. The van der Waals surface area contributed by atoms with E-state index in [0.717, 1.165) is 25.1 Å². The van der Waals surface area contributed by atoms with Crippen LogP contribution in [0.3, 0.4) is 0 Å². The Hall–Kier alpha value is -1.29. The topological polar surface area (TPSA) is 46.4 Å². The van der Waals surface area contributed by atoms with E-state index >= 15 is 0 Å². The van der Waals surface area contributed by atoms with E-state index in [1.165, 1.54) is 18.6 Å². The number of hydrogen-bond acceptors (Lipinski definition) is 3. The first kappa shape index (κ1) is 12.2. The van der Waals surface area contributed by atoms with Gasteiger partial charge in [-0.2, -0.15) is 0 Å². The standard InChI is InChI=1S/C12H15ClN2O2/c1-9-4-2-3-7-14(9)12-6-5-10(15(16)17)8-11(12)13/h5-6,8-9H,2-4,7H2,1H3/t9-/m0/s1. The average molecular weight is 255 g/mol. The van der Waals surface area contributed by atoms with Crippen molar-refractivity contribution in [1.29, 1.82) is 0 Å². The molecule has 2 rings (SSSR count). The zero-order chi connectivity index (χ0) is 12.4. The number of rotatable bonds is 2. The molecule has 1 aliphatic heterocycles. The van der Waals surface area contributed by atoms with Crippen molar-refractivity contribution in [3.63, 3.8) is 0 Å². The summed E-state index contributed by atoms with van der Waals surface area (Å²) in [5.74, 6) is 0. The maximum Gasteiger partial charge on any atom is 0.271 e. The number of nitro groups is 1. The van der Waals surface area contributed by atoms with Gasteiger partial charge in [-0.05, 0) is 32.3 Å². The van der Waals surface area contributed by atoms with Crippen LogP contribution in [0.4, 0.5) is 11.4 Å². The van der Waals surface area contributed by atoms with Gasteiger partial charge in [-0.25, -0.2) is 0 Å². The van der Waals surface area contributed by atoms with Crippen LogP contribution in [0, 0.1) is 10.1 Å². The molecule has 0 N–H and O–H groups in total. The second-order valence-corrected chi connectivity index (χ2v) is 4.84. The molecule has 1 aromatic rings. The number of halogens is 1. The first-order valence-corrected chi connectivity index (χ1v) is 6.18. The van der Waals surface area contributed by atoms with Gasteiger partial charge in [0.05, 0.1) is 15.6 Å². The van der Waals surface area contributed by atoms with Crippen LogP contribution in [0.2, 0.25) is 5.02 Å². The highest BCUT2D eigenvalue weighted by molar-refractivity contribution is 6.33. The van der Waals surface area contributed by atoms with E-state index in [0.29, 0.717) is 11.1 Å². The van der Waals surface area contributed by atoms with Gasteiger partial charge in [-0.15, -0.1) is 0 Å². The van der Waals surface area contributed by atoms with Crippen LogP contribution in [0.15, 0.2) is 18.2 Å². The first-order chi connectivity index (χ1) is 8.09. The lowest BCUT2D eigenvalue weighted by atomic mass is 10.0. The zero-order valence-electron chi connectivity index (χ0n) is 9.73. The lowest BCUT2D eigenvalue weighted by Gasteiger charge is -2.35. The summed E-state index contributed by atoms with van der Waals surface area (Å²) in [5, 5.41) is 11.1. The highest BCUT2D eigenvalue weighted by Crippen LogP contribution is 2.33. The van der Waals surface area contributed by atoms with E-state index < -0.39 is 4.92 Å². The third-order valence-corrected chi connectivity index (χ3v) is 3.56. The molecule has 1 saturated heterocycles. The number of hydrogen-bond donors (Lipinski definition) is 0. The van der Waals surface area contributed by atoms with Crippen LogP contribution >= 0.6 is 11.6 Å². The van der Waals surface area contributed by atoms with Gasteiger partial charge in [0.25, 0.3) is 5.69 Å². The smallest absolute Gasteiger partial charge is 0.271 e. The van der Waals surface area contributed by atoms with Crippen molar-refractivity contribution < 1.29 is 4.92 Å². The number of nitro benzene ring substituents is 1. The monoisotopic (exact) mass is 254 g/mol. The summed E-state index contributed by atoms with van der Waals surface area (Å²) >= 11 is 6.13. The molecule has 0 saturated carbocycles. The van der Waals surface area contributed by atoms with E-state index in [9.17, 15) is 10.1 Å². The van der Waals surface area contributed by atoms with Crippen molar-refractivity contribution in [1.82, 2.24) is 0 Å². The van der Waals surface area contributed by atoms with Gasteiger partial charge in [0.1, 0.15) is 0 Å². The third kappa shape index (κ3) is 2.52. The molecule has 0 radical (unpaired) electrons. The molecule has 1 aromatic carbocycles. The van der Waals surface area contributed by atoms with Crippen LogP contribution in [-0.2, 0) is 0 Å². The van der Waals surface area contributed by atoms with Gasteiger partial charge in [-0.1, -0.05) is 11.6 Å². The van der Waals surface area contributed by atoms with Gasteiger partial charge in [0.15, 0.2) is 0 Å². The number of anilines is 1. The Morgan fingerprint density at radius 3 is 2.82 bits per heavy atom. The normalized spacial score (nSPS) is 20.4. The van der Waals surface area contributed by atoms with E-state index in [1.54, 1.807) is 6.07 Å². The minimum absolute atomic E-state index is 0.0448. The van der Waals surface area contributed by atoms with E-state index in [-0.39, 0.29) is 5.69 Å². The fourth-order valence-electron chi connectivity index (χ4n) is 2.30. The van der Waals surface area contributed by atoms with Crippen molar-refractivity contribution >= 4 is 23.0 Å². The molecule has 17 heavy (non-hydrogen) atoms. The van der Waals surface area contributed by atoms with Crippen molar-refractivity contribution in [2.75, 3.05) is 11.4 Å². The van der Waals surface area contributed by atoms with Crippen molar-refractivity contribution in [3.05, 3.63) is 33.3 Å². The summed E-state index contributed by atoms with van der Waals surface area (Å²) in [5.41, 5.74) is 0.952. The first-order valence-electron chi connectivity index (χ1n) is 5.80. The van der Waals surface area contributed by atoms with Gasteiger partial charge in [0.2, 0.25) is 0 Å². The van der Waals surface area contributed by atoms with Crippen molar-refractivity contribution in [2.24, 2.45) is 0 Å². The van der Waals surface area contributed by atoms with E-state index in [2.05, 4.69) is 11.8 Å². The fourth-order valence-corrected chi connectivity index (χ4v) is 2.58. The second kappa shape index (κ2) is 4.92. The molecule has 5 heteroatoms. The van der Waals surface area contributed by atoms with Crippen LogP contribution < -0.4 is 4.90 Å². The predicted octanol–water partition coefficient (Wildman–Crippen LogP) is 3.63. The molecule has 0 unspecified atom stereocenters. The second-order valence-electron chi connectivity index (χ2n) is 4.43. The summed E-state index contributed by atoms with van der Waals surface area (Å²) in [4.78, 5) is 12.4. The van der Waals surface area contributed by atoms with Crippen LogP contribution in [0.5, 0.6) is 0 Å². The predicted molar refractivity (Wildman–Crippen MR) is 68.8 cm³/mol. The molecule has 1 atom stereocenters. The van der Waals surface area contributed by atoms with Crippen molar-refractivity contribution in [3.8, 4) is 0 Å². The van der Waals surface area contributed by atoms with Crippen molar-refractivity contribution in [2.45, 2.75) is 32.2 Å². The zero-order valence-corrected chi connectivity index (χ0v) is 10.5. The Kier molecular flexibility index (Phi) is 3.52. The summed E-state index contributed by atoms with van der Waals surface area (Å²) in [7, 11) is 0. The molecule has 1 heterocycles. The largest absolute Gasteiger partial charge is 0.368 e. The summed E-state index contributed by atoms with van der Waals surface area (Å²) in [6.07, 6.45) is 3.53. The Morgan fingerprint density at radius 1 is 1.47 bits per heavy atom. The van der Waals surface area contributed by atoms with Gasteiger partial charge in [-0.3, -0.25) is 10.1 Å². The Balaban J connectivity index is 2.29. The minimum Gasteiger partial charge on any atom is -0.368 e. The quantitative estimate of drug-likeness (QED) is 0.598. The minimum atomic E-state index is -0.421. The Labute approximate surface area is 105 Å². The van der Waals surface area contributed by atoms with Crippen LogP contribution in [0.1, 0.15) is 26.2 Å². The molecule has 92 valence electrons. The van der Waals surface area contributed by atoms with Crippen LogP contribution in [0.25, 0.3) is 0 Å². The maximum atomic E-state index is 10.6. The van der Waals surface area contributed by atoms with Gasteiger partial charge in [0, 0.05) is 24.7 Å². The Bertz CT molecular complexity index is 437. The van der Waals surface area contributed by atoms with Gasteiger partial charge < -0.3 is 4.90 Å². The Morgan fingerprint density at radius 2 is 2.24 bits per heavy atom. The highest BCUT2D eigenvalue weighted by atomic mass is 35.5. The van der Waals surface area contributed by atoms with Gasteiger partial charge >= 0.3 is 0 Å². The highest BCUT2D eigenvalue weighted by Gasteiger charge is 2.21. The SMILES string of the molecule is C[C@H]1CCCCN1c1ccc([N+](=O)[O-])cc1Cl. The van der Waals surface area contributed by atoms with Crippen LogP contribution in [-0.4, -0.2) is 17.5 Å². The van der Waals surface area contributed by atoms with E-state index in [4.69, 9.17) is 11.6 Å². The maximum absolute atomic E-state index is 10.6. The molecule has 0 aromatic heterocycles. The lowest BCUT2D eigenvalue weighted by molar-refractivity contribution is -0.384. The molecular weight excluding hydrogens is 240 g/mol. The molecule has 1 aliphatic rings. The molecule has 4 nitrogen and oxygen atoms in total. The third-order valence-electron chi connectivity index (χ3n) is 3.25. The summed E-state index contributed by atoms with van der Waals surface area (Å²) < 4.78 is 0. The molecule has 1 fully saturated rings.